The van der Waals surface area contributed by atoms with E-state index in [1.165, 1.54) is 12.3 Å². The number of hydrogen-bond donors (Lipinski definition) is 3. The molecular weight excluding hydrogens is 308 g/mol. The van der Waals surface area contributed by atoms with E-state index in [1.807, 2.05) is 6.92 Å². The fourth-order valence-electron chi connectivity index (χ4n) is 1.97. The van der Waals surface area contributed by atoms with Crippen LogP contribution in [0.15, 0.2) is 30.5 Å². The third-order valence-corrected chi connectivity index (χ3v) is 3.22. The van der Waals surface area contributed by atoms with Gasteiger partial charge >= 0.3 is 5.97 Å². The number of carboxylic acid groups (broad SMARTS) is 1. The summed E-state index contributed by atoms with van der Waals surface area (Å²) in [6, 6.07) is 6.69. The van der Waals surface area contributed by atoms with Crippen molar-refractivity contribution in [1.82, 2.24) is 10.3 Å². The number of nitrogens with one attached hydrogen (secondary N) is 1. The summed E-state index contributed by atoms with van der Waals surface area (Å²) in [6.45, 7) is 1.32. The molecule has 3 N–H and O–H groups in total. The van der Waals surface area contributed by atoms with Gasteiger partial charge in [0.2, 0.25) is 0 Å². The van der Waals surface area contributed by atoms with E-state index in [1.54, 1.807) is 18.2 Å². The number of aromatic hydroxyl groups is 1. The Morgan fingerprint density at radius 2 is 2.05 bits per heavy atom. The highest BCUT2D eigenvalue weighted by Crippen LogP contribution is 2.28. The number of carboxylic acids is 1. The number of nitrogens with zero attached hydrogens (tertiary/aromatic N) is 1. The topological polar surface area (TPSA) is 99.5 Å². The molecule has 6 nitrogen and oxygen atoms in total. The number of amides is 1. The first-order valence-electron chi connectivity index (χ1n) is 6.34. The van der Waals surface area contributed by atoms with E-state index in [-0.39, 0.29) is 11.4 Å². The van der Waals surface area contributed by atoms with Crippen LogP contribution in [0.1, 0.15) is 16.1 Å². The fourth-order valence-corrected chi connectivity index (χ4v) is 2.19. The largest absolute Gasteiger partial charge is 0.505 e. The summed E-state index contributed by atoms with van der Waals surface area (Å²) >= 11 is 5.90. The predicted molar refractivity (Wildman–Crippen MR) is 81.1 cm³/mol. The maximum Gasteiger partial charge on any atom is 0.322 e. The van der Waals surface area contributed by atoms with E-state index >= 15 is 0 Å². The minimum absolute atomic E-state index is 0.225. The normalized spacial score (nSPS) is 10.3. The van der Waals surface area contributed by atoms with Crippen LogP contribution < -0.4 is 5.32 Å². The number of hydrogen-bond acceptors (Lipinski definition) is 4. The third-order valence-electron chi connectivity index (χ3n) is 2.98. The number of carbonyl (C=O) groups is 2. The summed E-state index contributed by atoms with van der Waals surface area (Å²) in [6.07, 6.45) is 1.44. The van der Waals surface area contributed by atoms with Gasteiger partial charge in [-0.25, -0.2) is 4.98 Å². The van der Waals surface area contributed by atoms with Gasteiger partial charge in [0.1, 0.15) is 12.3 Å². The number of halogens is 1. The molecule has 0 aliphatic heterocycles. The maximum absolute atomic E-state index is 11.7. The minimum Gasteiger partial charge on any atom is -0.505 e. The Bertz CT molecular complexity index is 746. The molecule has 0 atom stereocenters. The number of rotatable bonds is 4. The van der Waals surface area contributed by atoms with Crippen molar-refractivity contribution in [2.45, 2.75) is 6.92 Å². The number of aliphatic carboxylic acids is 1. The van der Waals surface area contributed by atoms with Crippen molar-refractivity contribution in [3.05, 3.63) is 46.7 Å². The number of carbonyl (C=O) groups excluding carboxylic acids is 1. The lowest BCUT2D eigenvalue weighted by atomic mass is 10.0. The van der Waals surface area contributed by atoms with Crippen molar-refractivity contribution in [1.29, 1.82) is 0 Å². The standard InChI is InChI=1S/C15H13ClN2O4/c1-8-4-10(16)2-3-11(8)9-5-12(19)14(17-6-9)15(22)18-7-13(20)21/h2-6,19H,7H2,1H3,(H,18,22)(H,20,21). The van der Waals surface area contributed by atoms with Gasteiger partial charge in [0.05, 0.1) is 0 Å². The molecule has 0 saturated heterocycles. The number of aryl methyl sites for hydroxylation is 1. The van der Waals surface area contributed by atoms with Gasteiger partial charge in [-0.15, -0.1) is 0 Å². The number of aromatic nitrogens is 1. The highest BCUT2D eigenvalue weighted by Gasteiger charge is 2.15. The Balaban J connectivity index is 2.29. The molecule has 0 unspecified atom stereocenters. The van der Waals surface area contributed by atoms with Gasteiger partial charge in [-0.2, -0.15) is 0 Å². The molecule has 22 heavy (non-hydrogen) atoms. The lowest BCUT2D eigenvalue weighted by Gasteiger charge is -2.09. The van der Waals surface area contributed by atoms with E-state index in [0.29, 0.717) is 10.6 Å². The molecule has 114 valence electrons. The highest BCUT2D eigenvalue weighted by atomic mass is 35.5. The lowest BCUT2D eigenvalue weighted by molar-refractivity contribution is -0.135. The van der Waals surface area contributed by atoms with Crippen LogP contribution in [0, 0.1) is 6.92 Å². The second-order valence-corrected chi connectivity index (χ2v) is 5.06. The maximum atomic E-state index is 11.7. The molecule has 7 heteroatoms. The number of benzene rings is 1. The zero-order chi connectivity index (χ0) is 16.3. The molecule has 0 saturated carbocycles. The molecule has 0 bridgehead atoms. The molecule has 1 heterocycles. The van der Waals surface area contributed by atoms with Gasteiger partial charge in [0.25, 0.3) is 5.91 Å². The van der Waals surface area contributed by atoms with Crippen LogP contribution in [-0.2, 0) is 4.79 Å². The first kappa shape index (κ1) is 15.8. The van der Waals surface area contributed by atoms with Gasteiger partial charge in [-0.1, -0.05) is 17.7 Å². The molecule has 1 aromatic heterocycles. The zero-order valence-corrected chi connectivity index (χ0v) is 12.4. The van der Waals surface area contributed by atoms with Crippen molar-refractivity contribution in [2.24, 2.45) is 0 Å². The molecule has 2 rings (SSSR count). The third kappa shape index (κ3) is 3.53. The first-order chi connectivity index (χ1) is 10.4. The summed E-state index contributed by atoms with van der Waals surface area (Å²) in [5.74, 6) is -2.25. The van der Waals surface area contributed by atoms with Crippen LogP contribution in [-0.4, -0.2) is 33.6 Å². The van der Waals surface area contributed by atoms with E-state index in [0.717, 1.165) is 11.1 Å². The van der Waals surface area contributed by atoms with Gasteiger partial charge in [0.15, 0.2) is 5.69 Å². The predicted octanol–water partition coefficient (Wildman–Crippen LogP) is 2.23. The molecule has 1 amide bonds. The van der Waals surface area contributed by atoms with Crippen LogP contribution in [0.4, 0.5) is 0 Å². The molecule has 0 fully saturated rings. The quantitative estimate of drug-likeness (QED) is 0.802. The monoisotopic (exact) mass is 320 g/mol. The van der Waals surface area contributed by atoms with Crippen LogP contribution in [0.25, 0.3) is 11.1 Å². The molecule has 0 radical (unpaired) electrons. The Kier molecular flexibility index (Phi) is 4.62. The van der Waals surface area contributed by atoms with Crippen LogP contribution in [0.2, 0.25) is 5.02 Å². The van der Waals surface area contributed by atoms with E-state index in [4.69, 9.17) is 16.7 Å². The van der Waals surface area contributed by atoms with Crippen molar-refractivity contribution >= 4 is 23.5 Å². The van der Waals surface area contributed by atoms with Gasteiger partial charge in [-0.05, 0) is 36.2 Å². The second-order valence-electron chi connectivity index (χ2n) is 4.63. The molecule has 2 aromatic rings. The summed E-state index contributed by atoms with van der Waals surface area (Å²) in [5, 5.41) is 21.2. The van der Waals surface area contributed by atoms with Gasteiger partial charge in [0, 0.05) is 16.8 Å². The summed E-state index contributed by atoms with van der Waals surface area (Å²) in [4.78, 5) is 26.0. The summed E-state index contributed by atoms with van der Waals surface area (Å²) in [7, 11) is 0. The van der Waals surface area contributed by atoms with Gasteiger partial charge in [-0.3, -0.25) is 9.59 Å². The average molecular weight is 321 g/mol. The Morgan fingerprint density at radius 3 is 2.64 bits per heavy atom. The fraction of sp³-hybridized carbons (Fsp3) is 0.133. The minimum atomic E-state index is -1.18. The summed E-state index contributed by atoms with van der Waals surface area (Å²) < 4.78 is 0. The van der Waals surface area contributed by atoms with E-state index < -0.39 is 18.4 Å². The molecular formula is C15H13ClN2O4. The molecule has 1 aromatic carbocycles. The first-order valence-corrected chi connectivity index (χ1v) is 6.72. The number of pyridine rings is 1. The highest BCUT2D eigenvalue weighted by molar-refractivity contribution is 6.30. The Morgan fingerprint density at radius 1 is 1.32 bits per heavy atom. The van der Waals surface area contributed by atoms with Gasteiger partial charge < -0.3 is 15.5 Å². The van der Waals surface area contributed by atoms with Crippen LogP contribution in [0.5, 0.6) is 5.75 Å². The van der Waals surface area contributed by atoms with E-state index in [9.17, 15) is 14.7 Å². The van der Waals surface area contributed by atoms with Crippen molar-refractivity contribution < 1.29 is 19.8 Å². The zero-order valence-electron chi connectivity index (χ0n) is 11.6. The SMILES string of the molecule is Cc1cc(Cl)ccc1-c1cnc(C(=O)NCC(=O)O)c(O)c1. The Hall–Kier alpha value is -2.60. The molecule has 0 aliphatic rings. The molecule has 0 aliphatic carbocycles. The van der Waals surface area contributed by atoms with Crippen LogP contribution in [0.3, 0.4) is 0 Å². The summed E-state index contributed by atoms with van der Waals surface area (Å²) in [5.41, 5.74) is 2.12. The smallest absolute Gasteiger partial charge is 0.322 e. The lowest BCUT2D eigenvalue weighted by Crippen LogP contribution is -2.29. The second kappa shape index (κ2) is 6.44. The van der Waals surface area contributed by atoms with Crippen molar-refractivity contribution in [2.75, 3.05) is 6.54 Å². The van der Waals surface area contributed by atoms with E-state index in [2.05, 4.69) is 10.3 Å². The van der Waals surface area contributed by atoms with Crippen molar-refractivity contribution in [3.8, 4) is 16.9 Å². The Labute approximate surface area is 131 Å². The van der Waals surface area contributed by atoms with Crippen LogP contribution >= 0.6 is 11.6 Å². The van der Waals surface area contributed by atoms with Crippen molar-refractivity contribution in [3.63, 3.8) is 0 Å². The molecule has 0 spiro atoms. The average Bonchev–Trinajstić information content (AvgIpc) is 2.44.